The first-order chi connectivity index (χ1) is 17.5. The lowest BCUT2D eigenvalue weighted by Gasteiger charge is -2.39. The molecule has 196 valence electrons. The van der Waals surface area contributed by atoms with Gasteiger partial charge < -0.3 is 15.2 Å². The van der Waals surface area contributed by atoms with Gasteiger partial charge in [-0.1, -0.05) is 12.1 Å². The summed E-state index contributed by atoms with van der Waals surface area (Å²) >= 11 is 0. The van der Waals surface area contributed by atoms with E-state index in [9.17, 15) is 18.7 Å². The SMILES string of the molecule is Cc1ccc(C2=NNN(C3CC(F)(F)C3)N2)cc1NC(=O)c1cnc2cc(COCC(C)(C)O)ccn12. The first-order valence-corrected chi connectivity index (χ1v) is 11.9. The molecule has 1 aliphatic heterocycles. The zero-order valence-corrected chi connectivity index (χ0v) is 20.8. The number of carbonyl (C=O) groups is 1. The topological polar surface area (TPSA) is 116 Å². The molecule has 1 saturated carbocycles. The number of nitrogens with zero attached hydrogens (tertiary/aromatic N) is 4. The van der Waals surface area contributed by atoms with E-state index in [-0.39, 0.29) is 31.4 Å². The fourth-order valence-corrected chi connectivity index (χ4v) is 4.17. The largest absolute Gasteiger partial charge is 0.388 e. The number of aryl methyl sites for hydroxylation is 1. The lowest BCUT2D eigenvalue weighted by Crippen LogP contribution is -2.57. The molecule has 4 N–H and O–H groups in total. The van der Waals surface area contributed by atoms with Gasteiger partial charge in [0.25, 0.3) is 11.8 Å². The highest BCUT2D eigenvalue weighted by Crippen LogP contribution is 2.39. The van der Waals surface area contributed by atoms with Gasteiger partial charge in [0.1, 0.15) is 11.3 Å². The van der Waals surface area contributed by atoms with Crippen LogP contribution in [0, 0.1) is 6.92 Å². The number of hydrogen-bond donors (Lipinski definition) is 4. The molecule has 3 aromatic rings. The van der Waals surface area contributed by atoms with Crippen molar-refractivity contribution in [2.45, 2.75) is 57.8 Å². The first kappa shape index (κ1) is 25.1. The summed E-state index contributed by atoms with van der Waals surface area (Å²) < 4.78 is 33.7. The van der Waals surface area contributed by atoms with E-state index in [1.54, 1.807) is 30.5 Å². The maximum Gasteiger partial charge on any atom is 0.274 e. The molecule has 12 heteroatoms. The molecular formula is C25H29F2N7O3. The molecule has 10 nitrogen and oxygen atoms in total. The van der Waals surface area contributed by atoms with Gasteiger partial charge in [-0.3, -0.25) is 14.6 Å². The number of hydrazone groups is 1. The fourth-order valence-electron chi connectivity index (χ4n) is 4.17. The number of hydrazine groups is 2. The second kappa shape index (κ2) is 9.36. The van der Waals surface area contributed by atoms with Crippen LogP contribution in [0.2, 0.25) is 0 Å². The number of hydrogen-bond acceptors (Lipinski definition) is 8. The number of ether oxygens (including phenoxy) is 1. The Bertz CT molecular complexity index is 1360. The van der Waals surface area contributed by atoms with Crippen molar-refractivity contribution in [3.63, 3.8) is 0 Å². The normalized spacial score (nSPS) is 17.7. The zero-order valence-electron chi connectivity index (χ0n) is 20.8. The summed E-state index contributed by atoms with van der Waals surface area (Å²) in [5, 5.41) is 18.4. The molecule has 3 heterocycles. The summed E-state index contributed by atoms with van der Waals surface area (Å²) in [6, 6.07) is 8.78. The maximum atomic E-state index is 13.2. The number of imidazole rings is 1. The number of benzene rings is 1. The number of fused-ring (bicyclic) bond motifs is 1. The summed E-state index contributed by atoms with van der Waals surface area (Å²) in [6.07, 6.45) is 2.79. The van der Waals surface area contributed by atoms with Crippen LogP contribution in [-0.4, -0.2) is 55.5 Å². The Labute approximate surface area is 212 Å². The second-order valence-corrected chi connectivity index (χ2v) is 10.2. The van der Waals surface area contributed by atoms with Crippen LogP contribution in [0.25, 0.3) is 5.65 Å². The van der Waals surface area contributed by atoms with E-state index in [0.717, 1.165) is 11.1 Å². The standard InChI is InChI=1S/C25H29F2N7O3/c1-15-4-5-17(22-30-32-34(31-22)18-10-25(26,27)11-18)9-19(15)29-23(35)20-12-28-21-8-16(6-7-33(20)21)13-37-14-24(2,3)36/h4-9,12,18,32,36H,10-11,13-14H2,1-3H3,(H,29,35)(H,30,31). The number of pyridine rings is 1. The van der Waals surface area contributed by atoms with Crippen molar-refractivity contribution in [3.05, 3.63) is 65.1 Å². The first-order valence-electron chi connectivity index (χ1n) is 11.9. The number of carbonyl (C=O) groups excluding carboxylic acids is 1. The van der Waals surface area contributed by atoms with Gasteiger partial charge in [-0.15, -0.1) is 10.2 Å². The predicted molar refractivity (Wildman–Crippen MR) is 133 cm³/mol. The van der Waals surface area contributed by atoms with Crippen LogP contribution in [0.1, 0.15) is 53.9 Å². The van der Waals surface area contributed by atoms with Crippen molar-refractivity contribution >= 4 is 23.1 Å². The summed E-state index contributed by atoms with van der Waals surface area (Å²) in [7, 11) is 0. The van der Waals surface area contributed by atoms with Crippen LogP contribution in [0.15, 0.2) is 47.8 Å². The number of anilines is 1. The molecule has 0 unspecified atom stereocenters. The lowest BCUT2D eigenvalue weighted by molar-refractivity contribution is -0.138. The molecule has 0 radical (unpaired) electrons. The number of aliphatic hydroxyl groups is 1. The number of amidine groups is 1. The van der Waals surface area contributed by atoms with Crippen LogP contribution < -0.4 is 16.3 Å². The average Bonchev–Trinajstić information content (AvgIpc) is 3.45. The number of amides is 1. The number of halogens is 2. The Morgan fingerprint density at radius 1 is 1.30 bits per heavy atom. The summed E-state index contributed by atoms with van der Waals surface area (Å²) in [5.74, 6) is -2.50. The molecule has 37 heavy (non-hydrogen) atoms. The molecule has 2 aromatic heterocycles. The van der Waals surface area contributed by atoms with Gasteiger partial charge in [0.05, 0.1) is 31.1 Å². The van der Waals surface area contributed by atoms with Crippen molar-refractivity contribution in [1.82, 2.24) is 25.5 Å². The predicted octanol–water partition coefficient (Wildman–Crippen LogP) is 2.97. The number of rotatable bonds is 8. The highest BCUT2D eigenvalue weighted by atomic mass is 19.3. The lowest BCUT2D eigenvalue weighted by atomic mass is 9.88. The van der Waals surface area contributed by atoms with Crippen molar-refractivity contribution in [2.75, 3.05) is 11.9 Å². The Morgan fingerprint density at radius 3 is 2.81 bits per heavy atom. The van der Waals surface area contributed by atoms with Crippen LogP contribution in [0.3, 0.4) is 0 Å². The molecule has 2 aliphatic rings. The third-order valence-electron chi connectivity index (χ3n) is 6.22. The average molecular weight is 514 g/mol. The number of alkyl halides is 2. The van der Waals surface area contributed by atoms with Gasteiger partial charge >= 0.3 is 0 Å². The highest BCUT2D eigenvalue weighted by Gasteiger charge is 2.49. The maximum absolute atomic E-state index is 13.2. The van der Waals surface area contributed by atoms with Crippen molar-refractivity contribution in [2.24, 2.45) is 5.10 Å². The molecule has 1 aliphatic carbocycles. The minimum atomic E-state index is -2.64. The Hall–Kier alpha value is -3.61. The number of aromatic nitrogens is 2. The smallest absolute Gasteiger partial charge is 0.274 e. The van der Waals surface area contributed by atoms with Gasteiger partial charge in [-0.05, 0) is 50.1 Å². The third kappa shape index (κ3) is 5.55. The minimum absolute atomic E-state index is 0.200. The third-order valence-corrected chi connectivity index (χ3v) is 6.22. The van der Waals surface area contributed by atoms with Crippen LogP contribution in [0.5, 0.6) is 0 Å². The molecule has 0 saturated heterocycles. The van der Waals surface area contributed by atoms with Crippen LogP contribution in [-0.2, 0) is 11.3 Å². The van der Waals surface area contributed by atoms with E-state index in [1.165, 1.54) is 11.3 Å². The molecule has 0 spiro atoms. The van der Waals surface area contributed by atoms with Gasteiger partial charge in [-0.2, -0.15) is 0 Å². The van der Waals surface area contributed by atoms with Gasteiger partial charge in [0.2, 0.25) is 0 Å². The van der Waals surface area contributed by atoms with Crippen molar-refractivity contribution in [1.29, 1.82) is 0 Å². The monoisotopic (exact) mass is 513 g/mol. The molecule has 0 bridgehead atoms. The Balaban J connectivity index is 1.26. The van der Waals surface area contributed by atoms with Crippen molar-refractivity contribution in [3.8, 4) is 0 Å². The molecule has 1 aromatic carbocycles. The van der Waals surface area contributed by atoms with Crippen LogP contribution in [0.4, 0.5) is 14.5 Å². The highest BCUT2D eigenvalue weighted by molar-refractivity contribution is 6.05. The van der Waals surface area contributed by atoms with Crippen molar-refractivity contribution < 1.29 is 23.4 Å². The molecule has 1 amide bonds. The summed E-state index contributed by atoms with van der Waals surface area (Å²) in [5.41, 5.74) is 8.80. The summed E-state index contributed by atoms with van der Waals surface area (Å²) in [6.45, 7) is 5.74. The van der Waals surface area contributed by atoms with E-state index in [1.807, 2.05) is 31.2 Å². The molecule has 1 fully saturated rings. The summed E-state index contributed by atoms with van der Waals surface area (Å²) in [4.78, 5) is 17.5. The number of nitrogens with one attached hydrogen (secondary N) is 3. The van der Waals surface area contributed by atoms with Gasteiger partial charge in [0.15, 0.2) is 5.84 Å². The van der Waals surface area contributed by atoms with E-state index in [0.29, 0.717) is 35.0 Å². The second-order valence-electron chi connectivity index (χ2n) is 10.2. The van der Waals surface area contributed by atoms with E-state index >= 15 is 0 Å². The van der Waals surface area contributed by atoms with E-state index in [2.05, 4.69) is 26.4 Å². The zero-order chi connectivity index (χ0) is 26.4. The van der Waals surface area contributed by atoms with Crippen LogP contribution >= 0.6 is 0 Å². The quantitative estimate of drug-likeness (QED) is 0.366. The van der Waals surface area contributed by atoms with Gasteiger partial charge in [0, 0.05) is 30.3 Å². The molecular weight excluding hydrogens is 484 g/mol. The molecule has 5 rings (SSSR count). The van der Waals surface area contributed by atoms with E-state index in [4.69, 9.17) is 4.74 Å². The fraction of sp³-hybridized carbons (Fsp3) is 0.400. The minimum Gasteiger partial charge on any atom is -0.388 e. The molecule has 0 atom stereocenters. The van der Waals surface area contributed by atoms with E-state index < -0.39 is 11.5 Å². The Morgan fingerprint density at radius 2 is 2.08 bits per heavy atom. The van der Waals surface area contributed by atoms with Gasteiger partial charge in [-0.25, -0.2) is 19.3 Å². The Kier molecular flexibility index (Phi) is 6.34.